The Balaban J connectivity index is 2.27. The summed E-state index contributed by atoms with van der Waals surface area (Å²) in [5.74, 6) is -0.963. The smallest absolute Gasteiger partial charge is 0.339 e. The first-order chi connectivity index (χ1) is 9.13. The maximum absolute atomic E-state index is 12.0. The van der Waals surface area contributed by atoms with Gasteiger partial charge in [0.2, 0.25) is 0 Å². The van der Waals surface area contributed by atoms with Crippen LogP contribution in [0, 0.1) is 6.92 Å². The van der Waals surface area contributed by atoms with E-state index in [1.807, 2.05) is 0 Å². The summed E-state index contributed by atoms with van der Waals surface area (Å²) in [4.78, 5) is 23.5. The van der Waals surface area contributed by atoms with Crippen molar-refractivity contribution in [2.75, 3.05) is 12.4 Å². The maximum Gasteiger partial charge on any atom is 0.339 e. The molecule has 0 radical (unpaired) electrons. The summed E-state index contributed by atoms with van der Waals surface area (Å²) in [7, 11) is 1.28. The van der Waals surface area contributed by atoms with Gasteiger partial charge in [-0.3, -0.25) is 4.79 Å². The number of nitrogens with one attached hydrogen (secondary N) is 2. The van der Waals surface area contributed by atoms with Crippen molar-refractivity contribution in [2.45, 2.75) is 6.92 Å². The molecule has 0 saturated heterocycles. The van der Waals surface area contributed by atoms with E-state index < -0.39 is 11.9 Å². The monoisotopic (exact) mass is 260 g/mol. The van der Waals surface area contributed by atoms with Crippen LogP contribution < -0.4 is 5.32 Å². The number of ether oxygens (including phenoxy) is 1. The zero-order valence-electron chi connectivity index (χ0n) is 10.4. The number of carbonyl (C=O) groups excluding carboxylic acids is 2. The summed E-state index contributed by atoms with van der Waals surface area (Å²) in [6.45, 7) is 1.66. The Morgan fingerprint density at radius 2 is 2.00 bits per heavy atom. The van der Waals surface area contributed by atoms with E-state index in [1.165, 1.54) is 7.11 Å². The average molecular weight is 260 g/mol. The molecule has 0 spiro atoms. The van der Waals surface area contributed by atoms with Gasteiger partial charge in [-0.1, -0.05) is 12.1 Å². The molecule has 0 saturated carbocycles. The molecule has 0 bridgehead atoms. The van der Waals surface area contributed by atoms with E-state index in [1.54, 1.807) is 31.2 Å². The number of rotatable bonds is 3. The largest absolute Gasteiger partial charge is 0.465 e. The minimum absolute atomic E-state index is 0.180. The number of amides is 1. The molecule has 7 nitrogen and oxygen atoms in total. The topological polar surface area (TPSA) is 97.0 Å². The number of para-hydroxylation sites is 1. The zero-order chi connectivity index (χ0) is 13.8. The number of carbonyl (C=O) groups is 2. The minimum atomic E-state index is -0.521. The van der Waals surface area contributed by atoms with E-state index in [0.29, 0.717) is 11.4 Å². The zero-order valence-corrected chi connectivity index (χ0v) is 10.4. The van der Waals surface area contributed by atoms with Gasteiger partial charge in [-0.2, -0.15) is 15.4 Å². The summed E-state index contributed by atoms with van der Waals surface area (Å²) in [6.07, 6.45) is 0. The first-order valence-corrected chi connectivity index (χ1v) is 5.49. The van der Waals surface area contributed by atoms with Crippen molar-refractivity contribution in [1.82, 2.24) is 15.4 Å². The minimum Gasteiger partial charge on any atom is -0.465 e. The van der Waals surface area contributed by atoms with Gasteiger partial charge in [-0.15, -0.1) is 0 Å². The number of aromatic nitrogens is 3. The van der Waals surface area contributed by atoms with Crippen molar-refractivity contribution in [3.05, 3.63) is 41.2 Å². The molecule has 7 heteroatoms. The number of aromatic amines is 1. The Morgan fingerprint density at radius 1 is 1.26 bits per heavy atom. The molecule has 0 aliphatic rings. The predicted molar refractivity (Wildman–Crippen MR) is 66.9 cm³/mol. The second-order valence-corrected chi connectivity index (χ2v) is 3.75. The Labute approximate surface area is 109 Å². The molecule has 1 heterocycles. The van der Waals surface area contributed by atoms with Crippen molar-refractivity contribution >= 4 is 17.6 Å². The fourth-order valence-corrected chi connectivity index (χ4v) is 1.56. The number of hydrogen-bond donors (Lipinski definition) is 2. The first kappa shape index (κ1) is 12.7. The van der Waals surface area contributed by atoms with E-state index in [4.69, 9.17) is 0 Å². The van der Waals surface area contributed by atoms with E-state index in [2.05, 4.69) is 25.5 Å². The van der Waals surface area contributed by atoms with E-state index in [9.17, 15) is 9.59 Å². The number of esters is 1. The molecule has 98 valence electrons. The van der Waals surface area contributed by atoms with E-state index in [-0.39, 0.29) is 11.3 Å². The first-order valence-electron chi connectivity index (χ1n) is 5.49. The van der Waals surface area contributed by atoms with E-state index >= 15 is 0 Å². The van der Waals surface area contributed by atoms with E-state index in [0.717, 1.165) is 0 Å². The summed E-state index contributed by atoms with van der Waals surface area (Å²) in [5, 5.41) is 12.5. The van der Waals surface area contributed by atoms with Crippen LogP contribution in [-0.2, 0) is 4.74 Å². The number of hydrogen-bond acceptors (Lipinski definition) is 5. The molecule has 2 rings (SSSR count). The fraction of sp³-hybridized carbons (Fsp3) is 0.167. The lowest BCUT2D eigenvalue weighted by atomic mass is 10.1. The molecule has 0 atom stereocenters. The summed E-state index contributed by atoms with van der Waals surface area (Å²) < 4.78 is 4.65. The van der Waals surface area contributed by atoms with Gasteiger partial charge in [0.25, 0.3) is 5.91 Å². The van der Waals surface area contributed by atoms with Crippen LogP contribution in [0.2, 0.25) is 0 Å². The number of methoxy groups -OCH3 is 1. The van der Waals surface area contributed by atoms with Crippen LogP contribution in [0.3, 0.4) is 0 Å². The van der Waals surface area contributed by atoms with Gasteiger partial charge in [-0.05, 0) is 19.1 Å². The van der Waals surface area contributed by atoms with Gasteiger partial charge in [-0.25, -0.2) is 4.79 Å². The maximum atomic E-state index is 12.0. The van der Waals surface area contributed by atoms with Crippen LogP contribution in [0.4, 0.5) is 5.69 Å². The molecule has 1 amide bonds. The molecule has 0 unspecified atom stereocenters. The highest BCUT2D eigenvalue weighted by Crippen LogP contribution is 2.17. The van der Waals surface area contributed by atoms with Gasteiger partial charge in [0.15, 0.2) is 5.69 Å². The Morgan fingerprint density at radius 3 is 2.63 bits per heavy atom. The Hall–Kier alpha value is -2.70. The molecule has 0 aliphatic heterocycles. The van der Waals surface area contributed by atoms with Crippen molar-refractivity contribution < 1.29 is 14.3 Å². The summed E-state index contributed by atoms with van der Waals surface area (Å²) in [6, 6.07) is 6.57. The van der Waals surface area contributed by atoms with Crippen molar-refractivity contribution in [3.63, 3.8) is 0 Å². The van der Waals surface area contributed by atoms with Crippen LogP contribution in [0.25, 0.3) is 0 Å². The highest BCUT2D eigenvalue weighted by atomic mass is 16.5. The third-order valence-corrected chi connectivity index (χ3v) is 2.52. The SMILES string of the molecule is COC(=O)c1ccccc1NC(=O)c1n[nH]nc1C. The van der Waals surface area contributed by atoms with Crippen LogP contribution in [0.15, 0.2) is 24.3 Å². The second kappa shape index (κ2) is 5.30. The van der Waals surface area contributed by atoms with Crippen molar-refractivity contribution in [1.29, 1.82) is 0 Å². The third kappa shape index (κ3) is 2.59. The van der Waals surface area contributed by atoms with Crippen LogP contribution >= 0.6 is 0 Å². The van der Waals surface area contributed by atoms with Crippen LogP contribution in [0.5, 0.6) is 0 Å². The number of H-pyrrole nitrogens is 1. The predicted octanol–water partition coefficient (Wildman–Crippen LogP) is 1.15. The quantitative estimate of drug-likeness (QED) is 0.807. The van der Waals surface area contributed by atoms with Crippen LogP contribution in [0.1, 0.15) is 26.5 Å². The molecular weight excluding hydrogens is 248 g/mol. The molecule has 19 heavy (non-hydrogen) atoms. The third-order valence-electron chi connectivity index (χ3n) is 2.52. The molecule has 2 aromatic rings. The molecule has 0 fully saturated rings. The highest BCUT2D eigenvalue weighted by molar-refractivity contribution is 6.07. The van der Waals surface area contributed by atoms with Gasteiger partial charge >= 0.3 is 5.97 Å². The van der Waals surface area contributed by atoms with Crippen molar-refractivity contribution in [2.24, 2.45) is 0 Å². The molecule has 0 aliphatic carbocycles. The number of benzene rings is 1. The standard InChI is InChI=1S/C12H12N4O3/c1-7-10(15-16-14-7)11(17)13-9-6-4-3-5-8(9)12(18)19-2/h3-6H,1-2H3,(H,13,17)(H,14,15,16). The molecule has 1 aromatic heterocycles. The number of aryl methyl sites for hydroxylation is 1. The van der Waals surface area contributed by atoms with Gasteiger partial charge in [0.05, 0.1) is 24.1 Å². The second-order valence-electron chi connectivity index (χ2n) is 3.75. The summed E-state index contributed by atoms with van der Waals surface area (Å²) >= 11 is 0. The Kier molecular flexibility index (Phi) is 3.56. The molecule has 2 N–H and O–H groups in total. The number of anilines is 1. The highest BCUT2D eigenvalue weighted by Gasteiger charge is 2.17. The normalized spacial score (nSPS) is 10.0. The van der Waals surface area contributed by atoms with Gasteiger partial charge in [0.1, 0.15) is 0 Å². The lowest BCUT2D eigenvalue weighted by Gasteiger charge is -2.08. The van der Waals surface area contributed by atoms with Crippen molar-refractivity contribution in [3.8, 4) is 0 Å². The Bertz CT molecular complexity index is 621. The fourth-order valence-electron chi connectivity index (χ4n) is 1.56. The average Bonchev–Trinajstić information content (AvgIpc) is 2.85. The van der Waals surface area contributed by atoms with Crippen LogP contribution in [-0.4, -0.2) is 34.4 Å². The summed E-state index contributed by atoms with van der Waals surface area (Å²) in [5.41, 5.74) is 1.30. The lowest BCUT2D eigenvalue weighted by Crippen LogP contribution is -2.16. The molecule has 1 aromatic carbocycles. The lowest BCUT2D eigenvalue weighted by molar-refractivity contribution is 0.0602. The number of nitrogens with zero attached hydrogens (tertiary/aromatic N) is 2. The van der Waals surface area contributed by atoms with Gasteiger partial charge < -0.3 is 10.1 Å². The molecular formula is C12H12N4O3. The van der Waals surface area contributed by atoms with Gasteiger partial charge in [0, 0.05) is 0 Å².